The van der Waals surface area contributed by atoms with Gasteiger partial charge in [-0.1, -0.05) is 0 Å². The molecular formula is C16H29IN4O2. The number of halogens is 1. The van der Waals surface area contributed by atoms with Gasteiger partial charge in [-0.25, -0.2) is 4.99 Å². The zero-order chi connectivity index (χ0) is 16.4. The van der Waals surface area contributed by atoms with Gasteiger partial charge in [0.15, 0.2) is 5.96 Å². The summed E-state index contributed by atoms with van der Waals surface area (Å²) in [5.74, 6) is 1.65. The van der Waals surface area contributed by atoms with E-state index >= 15 is 0 Å². The summed E-state index contributed by atoms with van der Waals surface area (Å²) in [4.78, 5) is 9.03. The van der Waals surface area contributed by atoms with Gasteiger partial charge in [0.1, 0.15) is 5.75 Å². The van der Waals surface area contributed by atoms with Gasteiger partial charge in [-0.2, -0.15) is 0 Å². The van der Waals surface area contributed by atoms with Crippen molar-refractivity contribution in [3.05, 3.63) is 23.0 Å². The lowest BCUT2D eigenvalue weighted by molar-refractivity contribution is 0.152. The summed E-state index contributed by atoms with van der Waals surface area (Å²) in [7, 11) is 1.68. The van der Waals surface area contributed by atoms with E-state index in [1.54, 1.807) is 7.11 Å². The third-order valence-corrected chi connectivity index (χ3v) is 3.22. The zero-order valence-corrected chi connectivity index (χ0v) is 17.1. The normalized spacial score (nSPS) is 10.9. The molecule has 1 heterocycles. The highest BCUT2D eigenvalue weighted by molar-refractivity contribution is 14.0. The number of hydrogen-bond acceptors (Lipinski definition) is 4. The van der Waals surface area contributed by atoms with Crippen LogP contribution in [-0.2, 0) is 11.3 Å². The molecule has 0 unspecified atom stereocenters. The number of rotatable bonds is 8. The second-order valence-electron chi connectivity index (χ2n) is 4.87. The molecule has 1 aromatic heterocycles. The largest absolute Gasteiger partial charge is 0.496 e. The third kappa shape index (κ3) is 7.34. The van der Waals surface area contributed by atoms with Crippen LogP contribution in [0.15, 0.2) is 11.2 Å². The zero-order valence-electron chi connectivity index (χ0n) is 14.7. The van der Waals surface area contributed by atoms with Crippen LogP contribution in [0.25, 0.3) is 0 Å². The fraction of sp³-hybridized carbons (Fsp3) is 0.625. The lowest BCUT2D eigenvalue weighted by atomic mass is 10.1. The number of aryl methyl sites for hydroxylation is 1. The number of ether oxygens (including phenoxy) is 2. The lowest BCUT2D eigenvalue weighted by Crippen LogP contribution is -2.39. The molecule has 0 spiro atoms. The average molecular weight is 436 g/mol. The Morgan fingerprint density at radius 1 is 1.26 bits per heavy atom. The summed E-state index contributed by atoms with van der Waals surface area (Å²) in [5.41, 5.74) is 3.00. The van der Waals surface area contributed by atoms with Gasteiger partial charge in [0.2, 0.25) is 0 Å². The predicted molar refractivity (Wildman–Crippen MR) is 105 cm³/mol. The Balaban J connectivity index is 0.00000484. The molecular weight excluding hydrogens is 407 g/mol. The molecule has 1 rings (SSSR count). The fourth-order valence-corrected chi connectivity index (χ4v) is 2.11. The minimum atomic E-state index is 0. The van der Waals surface area contributed by atoms with E-state index in [4.69, 9.17) is 9.47 Å². The number of methoxy groups -OCH3 is 1. The van der Waals surface area contributed by atoms with Crippen LogP contribution in [0.5, 0.6) is 5.75 Å². The van der Waals surface area contributed by atoms with Crippen molar-refractivity contribution in [3.8, 4) is 5.75 Å². The van der Waals surface area contributed by atoms with Gasteiger partial charge >= 0.3 is 0 Å². The Morgan fingerprint density at radius 3 is 2.61 bits per heavy atom. The summed E-state index contributed by atoms with van der Waals surface area (Å²) in [6.45, 7) is 11.5. The molecule has 0 aliphatic rings. The molecule has 0 amide bonds. The summed E-state index contributed by atoms with van der Waals surface area (Å²) in [5, 5.41) is 6.45. The van der Waals surface area contributed by atoms with Gasteiger partial charge in [0.05, 0.1) is 26.0 Å². The van der Waals surface area contributed by atoms with E-state index in [0.717, 1.165) is 48.2 Å². The molecule has 0 atom stereocenters. The first-order chi connectivity index (χ1) is 10.6. The number of nitrogens with one attached hydrogen (secondary N) is 2. The maximum Gasteiger partial charge on any atom is 0.191 e. The van der Waals surface area contributed by atoms with Crippen molar-refractivity contribution in [2.75, 3.05) is 33.4 Å². The Morgan fingerprint density at radius 2 is 2.00 bits per heavy atom. The Labute approximate surface area is 156 Å². The number of aliphatic imine (C=N–C) groups is 1. The standard InChI is InChI=1S/C16H28N4O2.HI/c1-6-17-16(18-8-9-22-7-2)20-11-14-13(4)15(21-5)12(3)10-19-14;/h10H,6-9,11H2,1-5H3,(H2,17,18,20);1H. The van der Waals surface area contributed by atoms with Gasteiger partial charge in [-0.05, 0) is 27.7 Å². The van der Waals surface area contributed by atoms with Gasteiger partial charge in [-0.3, -0.25) is 4.98 Å². The molecule has 1 aromatic rings. The van der Waals surface area contributed by atoms with Crippen LogP contribution >= 0.6 is 24.0 Å². The number of nitrogens with zero attached hydrogens (tertiary/aromatic N) is 2. The second-order valence-corrected chi connectivity index (χ2v) is 4.87. The Kier molecular flexibility index (Phi) is 11.8. The van der Waals surface area contributed by atoms with Gasteiger partial charge in [0, 0.05) is 37.0 Å². The van der Waals surface area contributed by atoms with E-state index in [2.05, 4.69) is 20.6 Å². The first kappa shape index (κ1) is 21.9. The van der Waals surface area contributed by atoms with Crippen molar-refractivity contribution in [1.82, 2.24) is 15.6 Å². The molecule has 132 valence electrons. The molecule has 0 fully saturated rings. The number of hydrogen-bond donors (Lipinski definition) is 2. The molecule has 7 heteroatoms. The molecule has 0 saturated carbocycles. The van der Waals surface area contributed by atoms with E-state index in [1.165, 1.54) is 0 Å². The summed E-state index contributed by atoms with van der Waals surface area (Å²) in [6.07, 6.45) is 1.83. The molecule has 0 aliphatic heterocycles. The van der Waals surface area contributed by atoms with Crippen LogP contribution in [0, 0.1) is 13.8 Å². The van der Waals surface area contributed by atoms with Crippen LogP contribution in [-0.4, -0.2) is 44.4 Å². The first-order valence-electron chi connectivity index (χ1n) is 7.72. The first-order valence-corrected chi connectivity index (χ1v) is 7.72. The van der Waals surface area contributed by atoms with E-state index < -0.39 is 0 Å². The number of pyridine rings is 1. The SMILES string of the molecule is CCNC(=NCc1ncc(C)c(OC)c1C)NCCOCC.I. The van der Waals surface area contributed by atoms with Gasteiger partial charge in [-0.15, -0.1) is 24.0 Å². The molecule has 6 nitrogen and oxygen atoms in total. The van der Waals surface area contributed by atoms with Crippen LogP contribution < -0.4 is 15.4 Å². The van der Waals surface area contributed by atoms with E-state index in [9.17, 15) is 0 Å². The van der Waals surface area contributed by atoms with Gasteiger partial charge in [0.25, 0.3) is 0 Å². The highest BCUT2D eigenvalue weighted by atomic mass is 127. The van der Waals surface area contributed by atoms with Crippen molar-refractivity contribution >= 4 is 29.9 Å². The van der Waals surface area contributed by atoms with Crippen molar-refractivity contribution in [3.63, 3.8) is 0 Å². The Hall–Kier alpha value is -1.09. The quantitative estimate of drug-likeness (QED) is 0.284. The topological polar surface area (TPSA) is 67.8 Å². The van der Waals surface area contributed by atoms with Crippen LogP contribution in [0.2, 0.25) is 0 Å². The summed E-state index contributed by atoms with van der Waals surface area (Å²) in [6, 6.07) is 0. The van der Waals surface area contributed by atoms with E-state index in [0.29, 0.717) is 13.2 Å². The van der Waals surface area contributed by atoms with E-state index in [-0.39, 0.29) is 24.0 Å². The number of guanidine groups is 1. The molecule has 0 saturated heterocycles. The van der Waals surface area contributed by atoms with E-state index in [1.807, 2.05) is 33.9 Å². The average Bonchev–Trinajstić information content (AvgIpc) is 2.51. The van der Waals surface area contributed by atoms with Crippen molar-refractivity contribution in [1.29, 1.82) is 0 Å². The lowest BCUT2D eigenvalue weighted by Gasteiger charge is -2.13. The minimum Gasteiger partial charge on any atom is -0.496 e. The second kappa shape index (κ2) is 12.3. The monoisotopic (exact) mass is 436 g/mol. The predicted octanol–water partition coefficient (Wildman–Crippen LogP) is 2.42. The summed E-state index contributed by atoms with van der Waals surface area (Å²) < 4.78 is 10.7. The van der Waals surface area contributed by atoms with Crippen LogP contribution in [0.4, 0.5) is 0 Å². The maximum atomic E-state index is 5.43. The van der Waals surface area contributed by atoms with Gasteiger partial charge < -0.3 is 20.1 Å². The van der Waals surface area contributed by atoms with Crippen molar-refractivity contribution in [2.24, 2.45) is 4.99 Å². The summed E-state index contributed by atoms with van der Waals surface area (Å²) >= 11 is 0. The van der Waals surface area contributed by atoms with Crippen molar-refractivity contribution in [2.45, 2.75) is 34.2 Å². The highest BCUT2D eigenvalue weighted by Gasteiger charge is 2.09. The maximum absolute atomic E-state index is 5.43. The fourth-order valence-electron chi connectivity index (χ4n) is 2.11. The highest BCUT2D eigenvalue weighted by Crippen LogP contribution is 2.24. The van der Waals surface area contributed by atoms with Crippen LogP contribution in [0.3, 0.4) is 0 Å². The van der Waals surface area contributed by atoms with Crippen molar-refractivity contribution < 1.29 is 9.47 Å². The molecule has 0 aliphatic carbocycles. The molecule has 23 heavy (non-hydrogen) atoms. The molecule has 0 aromatic carbocycles. The van der Waals surface area contributed by atoms with Crippen LogP contribution in [0.1, 0.15) is 30.7 Å². The molecule has 2 N–H and O–H groups in total. The minimum absolute atomic E-state index is 0. The smallest absolute Gasteiger partial charge is 0.191 e. The Bertz CT molecular complexity index is 495. The molecule has 0 bridgehead atoms. The molecule has 0 radical (unpaired) electrons. The third-order valence-electron chi connectivity index (χ3n) is 3.22. The number of aromatic nitrogens is 1.